The lowest BCUT2D eigenvalue weighted by Crippen LogP contribution is -2.20. The van der Waals surface area contributed by atoms with E-state index in [4.69, 9.17) is 16.7 Å². The van der Waals surface area contributed by atoms with E-state index in [0.29, 0.717) is 0 Å². The van der Waals surface area contributed by atoms with Crippen molar-refractivity contribution in [2.45, 2.75) is 5.92 Å². The van der Waals surface area contributed by atoms with Crippen LogP contribution < -0.4 is 0 Å². The molecule has 0 amide bonds. The summed E-state index contributed by atoms with van der Waals surface area (Å²) in [6, 6.07) is 2.79. The lowest BCUT2D eigenvalue weighted by Gasteiger charge is -2.13. The topological polar surface area (TPSA) is 63.4 Å². The summed E-state index contributed by atoms with van der Waals surface area (Å²) >= 11 is 5.45. The molecule has 0 fully saturated rings. The van der Waals surface area contributed by atoms with Crippen LogP contribution in [0.1, 0.15) is 5.56 Å². The number of nitro benzene ring substituents is 1. The fourth-order valence-electron chi connectivity index (χ4n) is 1.05. The third-order valence-electron chi connectivity index (χ3n) is 1.75. The molecule has 1 aromatic rings. The number of nitro groups is 1. The second-order valence-electron chi connectivity index (χ2n) is 2.78. The van der Waals surface area contributed by atoms with Crippen LogP contribution in [0.15, 0.2) is 18.2 Å². The van der Waals surface area contributed by atoms with Crippen molar-refractivity contribution in [1.29, 1.82) is 0 Å². The molecule has 0 unspecified atom stereocenters. The Balaban J connectivity index is 3.37. The summed E-state index contributed by atoms with van der Waals surface area (Å²) < 4.78 is 26.1. The van der Waals surface area contributed by atoms with Crippen molar-refractivity contribution in [1.82, 2.24) is 0 Å². The number of aliphatic hydroxyl groups is 1. The Labute approximate surface area is 88.2 Å². The number of aliphatic hydroxyl groups excluding tert-OH is 1. The zero-order chi connectivity index (χ0) is 11.6. The Bertz CT molecular complexity index is 397. The predicted molar refractivity (Wildman–Crippen MR) is 49.1 cm³/mol. The van der Waals surface area contributed by atoms with E-state index in [2.05, 4.69) is 0 Å². The highest BCUT2D eigenvalue weighted by atomic mass is 35.5. The van der Waals surface area contributed by atoms with Crippen LogP contribution in [-0.4, -0.2) is 16.6 Å². The Hall–Kier alpha value is -1.27. The Morgan fingerprint density at radius 3 is 2.60 bits per heavy atom. The highest BCUT2D eigenvalue weighted by Gasteiger charge is 2.37. The van der Waals surface area contributed by atoms with Gasteiger partial charge in [0.1, 0.15) is 12.2 Å². The fraction of sp³-hybridized carbons (Fsp3) is 0.250. The van der Waals surface area contributed by atoms with Gasteiger partial charge in [-0.3, -0.25) is 10.1 Å². The molecular formula is C8H6ClF2NO3. The molecule has 1 N–H and O–H groups in total. The second kappa shape index (κ2) is 4.08. The van der Waals surface area contributed by atoms with Gasteiger partial charge >= 0.3 is 5.92 Å². The molecule has 0 aliphatic rings. The maximum Gasteiger partial charge on any atom is 0.302 e. The minimum atomic E-state index is -3.67. The molecule has 82 valence electrons. The van der Waals surface area contributed by atoms with Crippen LogP contribution >= 0.6 is 11.6 Å². The predicted octanol–water partition coefficient (Wildman–Crippen LogP) is 2.33. The Kier molecular flexibility index (Phi) is 3.21. The molecule has 0 saturated carbocycles. The van der Waals surface area contributed by atoms with E-state index in [1.165, 1.54) is 0 Å². The molecule has 15 heavy (non-hydrogen) atoms. The van der Waals surface area contributed by atoms with Crippen LogP contribution in [0, 0.1) is 10.1 Å². The average molecular weight is 238 g/mol. The first-order valence-electron chi connectivity index (χ1n) is 3.81. The van der Waals surface area contributed by atoms with Gasteiger partial charge in [-0.05, 0) is 12.1 Å². The average Bonchev–Trinajstić information content (AvgIpc) is 2.17. The van der Waals surface area contributed by atoms with E-state index in [1.54, 1.807) is 0 Å². The van der Waals surface area contributed by atoms with Crippen molar-refractivity contribution >= 4 is 17.3 Å². The molecule has 0 bridgehead atoms. The molecule has 1 aromatic carbocycles. The van der Waals surface area contributed by atoms with Gasteiger partial charge in [-0.1, -0.05) is 11.6 Å². The molecule has 7 heteroatoms. The maximum atomic E-state index is 13.1. The third-order valence-corrected chi connectivity index (χ3v) is 1.98. The summed E-state index contributed by atoms with van der Waals surface area (Å²) in [6.45, 7) is -1.51. The fourth-order valence-corrected chi connectivity index (χ4v) is 1.22. The largest absolute Gasteiger partial charge is 0.390 e. The number of rotatable bonds is 3. The highest BCUT2D eigenvalue weighted by molar-refractivity contribution is 6.30. The Morgan fingerprint density at radius 1 is 1.53 bits per heavy atom. The zero-order valence-electron chi connectivity index (χ0n) is 7.28. The van der Waals surface area contributed by atoms with Gasteiger partial charge in [0.25, 0.3) is 5.69 Å². The first-order chi connectivity index (χ1) is 6.88. The molecular weight excluding hydrogens is 232 g/mol. The smallest absolute Gasteiger partial charge is 0.302 e. The van der Waals surface area contributed by atoms with Crippen molar-refractivity contribution in [2.75, 3.05) is 6.61 Å². The third kappa shape index (κ3) is 2.40. The number of alkyl halides is 2. The van der Waals surface area contributed by atoms with Gasteiger partial charge in [0.05, 0.1) is 4.92 Å². The van der Waals surface area contributed by atoms with Gasteiger partial charge in [0.2, 0.25) is 0 Å². The second-order valence-corrected chi connectivity index (χ2v) is 3.22. The molecule has 0 atom stereocenters. The Morgan fingerprint density at radius 2 is 2.13 bits per heavy atom. The monoisotopic (exact) mass is 237 g/mol. The summed E-state index contributed by atoms with van der Waals surface area (Å²) in [5, 5.41) is 18.8. The standard InChI is InChI=1S/C8H6ClF2NO3/c9-5-1-2-7(12(14)15)6(3-5)8(10,11)4-13/h1-3,13H,4H2. The van der Waals surface area contributed by atoms with E-state index in [0.717, 1.165) is 18.2 Å². The van der Waals surface area contributed by atoms with Crippen molar-refractivity contribution in [3.63, 3.8) is 0 Å². The van der Waals surface area contributed by atoms with Crippen molar-refractivity contribution in [2.24, 2.45) is 0 Å². The van der Waals surface area contributed by atoms with Crippen LogP contribution in [0.4, 0.5) is 14.5 Å². The first kappa shape index (κ1) is 11.8. The van der Waals surface area contributed by atoms with Crippen LogP contribution in [0.5, 0.6) is 0 Å². The number of halogens is 3. The summed E-state index contributed by atoms with van der Waals surface area (Å²) in [7, 11) is 0. The summed E-state index contributed by atoms with van der Waals surface area (Å²) in [5.74, 6) is -3.67. The van der Waals surface area contributed by atoms with Crippen LogP contribution in [0.3, 0.4) is 0 Å². The van der Waals surface area contributed by atoms with E-state index in [9.17, 15) is 18.9 Å². The first-order valence-corrected chi connectivity index (χ1v) is 4.19. The maximum absolute atomic E-state index is 13.1. The number of benzene rings is 1. The normalized spacial score (nSPS) is 11.5. The molecule has 4 nitrogen and oxygen atoms in total. The lowest BCUT2D eigenvalue weighted by atomic mass is 10.1. The molecule has 0 aliphatic heterocycles. The van der Waals surface area contributed by atoms with Crippen molar-refractivity contribution in [3.05, 3.63) is 38.9 Å². The molecule has 0 spiro atoms. The van der Waals surface area contributed by atoms with Crippen LogP contribution in [-0.2, 0) is 5.92 Å². The molecule has 1 rings (SSSR count). The number of hydrogen-bond acceptors (Lipinski definition) is 3. The minimum Gasteiger partial charge on any atom is -0.390 e. The van der Waals surface area contributed by atoms with Crippen LogP contribution in [0.25, 0.3) is 0 Å². The summed E-state index contributed by atoms with van der Waals surface area (Å²) in [6.07, 6.45) is 0. The van der Waals surface area contributed by atoms with Gasteiger partial charge in [-0.2, -0.15) is 8.78 Å². The van der Waals surface area contributed by atoms with Gasteiger partial charge < -0.3 is 5.11 Å². The minimum absolute atomic E-state index is 0.0521. The van der Waals surface area contributed by atoms with E-state index >= 15 is 0 Å². The number of hydrogen-bond donors (Lipinski definition) is 1. The highest BCUT2D eigenvalue weighted by Crippen LogP contribution is 2.35. The van der Waals surface area contributed by atoms with Crippen molar-refractivity contribution in [3.8, 4) is 0 Å². The zero-order valence-corrected chi connectivity index (χ0v) is 8.04. The lowest BCUT2D eigenvalue weighted by molar-refractivity contribution is -0.387. The van der Waals surface area contributed by atoms with Crippen molar-refractivity contribution < 1.29 is 18.8 Å². The van der Waals surface area contributed by atoms with Crippen LogP contribution in [0.2, 0.25) is 5.02 Å². The van der Waals surface area contributed by atoms with E-state index in [-0.39, 0.29) is 5.02 Å². The van der Waals surface area contributed by atoms with E-state index < -0.39 is 28.7 Å². The molecule has 0 aromatic heterocycles. The molecule has 0 radical (unpaired) electrons. The summed E-state index contributed by atoms with van der Waals surface area (Å²) in [4.78, 5) is 9.49. The molecule has 0 heterocycles. The van der Waals surface area contributed by atoms with Gasteiger partial charge in [0.15, 0.2) is 0 Å². The van der Waals surface area contributed by atoms with Gasteiger partial charge in [-0.25, -0.2) is 0 Å². The summed E-state index contributed by atoms with van der Waals surface area (Å²) in [5.41, 5.74) is -1.65. The molecule has 0 aliphatic carbocycles. The number of nitrogens with zero attached hydrogens (tertiary/aromatic N) is 1. The van der Waals surface area contributed by atoms with E-state index in [1.807, 2.05) is 0 Å². The molecule has 0 saturated heterocycles. The van der Waals surface area contributed by atoms with Gasteiger partial charge in [0, 0.05) is 11.1 Å². The SMILES string of the molecule is O=[N+]([O-])c1ccc(Cl)cc1C(F)(F)CO. The quantitative estimate of drug-likeness (QED) is 0.648. The van der Waals surface area contributed by atoms with Gasteiger partial charge in [-0.15, -0.1) is 0 Å².